The number of anilines is 2. The molecule has 0 atom stereocenters. The topological polar surface area (TPSA) is 42.1 Å². The zero-order chi connectivity index (χ0) is 9.26. The first kappa shape index (κ1) is 8.63. The molecule has 1 aliphatic heterocycles. The lowest BCUT2D eigenvalue weighted by molar-refractivity contribution is 0.940. The van der Waals surface area contributed by atoms with Crippen LogP contribution in [0.25, 0.3) is 0 Å². The molecular formula is C9H12ClN3. The minimum Gasteiger partial charge on any atom is -0.395 e. The van der Waals surface area contributed by atoms with Gasteiger partial charge in [0.2, 0.25) is 0 Å². The van der Waals surface area contributed by atoms with Gasteiger partial charge in [-0.15, -0.1) is 0 Å². The van der Waals surface area contributed by atoms with Crippen molar-refractivity contribution in [1.29, 1.82) is 0 Å². The van der Waals surface area contributed by atoms with Crippen LogP contribution in [0.3, 0.4) is 0 Å². The number of aromatic nitrogens is 1. The predicted molar refractivity (Wildman–Crippen MR) is 55.1 cm³/mol. The summed E-state index contributed by atoms with van der Waals surface area (Å²) in [7, 11) is 0. The van der Waals surface area contributed by atoms with Crippen LogP contribution in [0, 0.1) is 0 Å². The molecule has 1 aromatic heterocycles. The Morgan fingerprint density at radius 1 is 1.38 bits per heavy atom. The highest BCUT2D eigenvalue weighted by Crippen LogP contribution is 2.29. The van der Waals surface area contributed by atoms with Crippen molar-refractivity contribution < 1.29 is 0 Å². The molecule has 0 unspecified atom stereocenters. The molecule has 0 bridgehead atoms. The molecule has 1 aromatic rings. The molecule has 1 fully saturated rings. The Morgan fingerprint density at radius 3 is 2.77 bits per heavy atom. The number of hydrogen-bond acceptors (Lipinski definition) is 3. The summed E-state index contributed by atoms with van der Waals surface area (Å²) >= 11 is 5.90. The number of hydrogen-bond donors (Lipinski definition) is 1. The summed E-state index contributed by atoms with van der Waals surface area (Å²) in [6, 6.07) is 1.72. The lowest BCUT2D eigenvalue weighted by Crippen LogP contribution is -2.20. The van der Waals surface area contributed by atoms with E-state index >= 15 is 0 Å². The van der Waals surface area contributed by atoms with Gasteiger partial charge in [-0.25, -0.2) is 4.98 Å². The van der Waals surface area contributed by atoms with Gasteiger partial charge < -0.3 is 10.6 Å². The highest BCUT2D eigenvalue weighted by molar-refractivity contribution is 6.33. The Hall–Kier alpha value is -0.960. The van der Waals surface area contributed by atoms with Crippen LogP contribution in [0.1, 0.15) is 12.8 Å². The molecule has 1 saturated heterocycles. The molecular weight excluding hydrogens is 186 g/mol. The summed E-state index contributed by atoms with van der Waals surface area (Å²) in [6.45, 7) is 2.08. The van der Waals surface area contributed by atoms with Gasteiger partial charge >= 0.3 is 0 Å². The van der Waals surface area contributed by atoms with E-state index in [1.54, 1.807) is 12.3 Å². The predicted octanol–water partition coefficient (Wildman–Crippen LogP) is 1.92. The summed E-state index contributed by atoms with van der Waals surface area (Å²) < 4.78 is 0. The van der Waals surface area contributed by atoms with E-state index in [0.29, 0.717) is 10.7 Å². The monoisotopic (exact) mass is 197 g/mol. The van der Waals surface area contributed by atoms with E-state index in [1.807, 2.05) is 0 Å². The molecule has 0 radical (unpaired) electrons. The molecule has 0 aromatic carbocycles. The van der Waals surface area contributed by atoms with Crippen LogP contribution in [-0.4, -0.2) is 18.1 Å². The average molecular weight is 198 g/mol. The van der Waals surface area contributed by atoms with Crippen molar-refractivity contribution in [1.82, 2.24) is 4.98 Å². The maximum Gasteiger partial charge on any atom is 0.153 e. The van der Waals surface area contributed by atoms with Crippen LogP contribution in [-0.2, 0) is 0 Å². The Kier molecular flexibility index (Phi) is 2.27. The van der Waals surface area contributed by atoms with Crippen LogP contribution in [0.4, 0.5) is 11.5 Å². The van der Waals surface area contributed by atoms with Crippen LogP contribution in [0.15, 0.2) is 12.3 Å². The second-order valence-corrected chi connectivity index (χ2v) is 3.63. The lowest BCUT2D eigenvalue weighted by Gasteiger charge is -2.18. The second kappa shape index (κ2) is 3.42. The van der Waals surface area contributed by atoms with Crippen LogP contribution >= 0.6 is 11.6 Å². The zero-order valence-electron chi connectivity index (χ0n) is 7.33. The van der Waals surface area contributed by atoms with Crippen molar-refractivity contribution in [3.8, 4) is 0 Å². The molecule has 2 heterocycles. The van der Waals surface area contributed by atoms with Gasteiger partial charge in [0.15, 0.2) is 5.82 Å². The van der Waals surface area contributed by atoms with E-state index in [4.69, 9.17) is 17.3 Å². The number of nitrogens with zero attached hydrogens (tertiary/aromatic N) is 2. The molecule has 13 heavy (non-hydrogen) atoms. The van der Waals surface area contributed by atoms with E-state index < -0.39 is 0 Å². The molecule has 0 saturated carbocycles. The van der Waals surface area contributed by atoms with Crippen molar-refractivity contribution in [2.75, 3.05) is 23.7 Å². The molecule has 0 amide bonds. The fourth-order valence-corrected chi connectivity index (χ4v) is 1.76. The fraction of sp³-hybridized carbons (Fsp3) is 0.444. The Bertz CT molecular complexity index is 308. The molecule has 0 spiro atoms. The van der Waals surface area contributed by atoms with E-state index in [1.165, 1.54) is 12.8 Å². The highest BCUT2D eigenvalue weighted by atomic mass is 35.5. The third kappa shape index (κ3) is 1.56. The van der Waals surface area contributed by atoms with E-state index in [0.717, 1.165) is 18.9 Å². The molecule has 2 N–H and O–H groups in total. The van der Waals surface area contributed by atoms with E-state index in [2.05, 4.69) is 9.88 Å². The van der Waals surface area contributed by atoms with Crippen LogP contribution in [0.5, 0.6) is 0 Å². The first-order valence-corrected chi connectivity index (χ1v) is 4.82. The third-order valence-corrected chi connectivity index (χ3v) is 2.65. The lowest BCUT2D eigenvalue weighted by atomic mass is 10.3. The summed E-state index contributed by atoms with van der Waals surface area (Å²) in [6.07, 6.45) is 4.13. The maximum absolute atomic E-state index is 5.90. The molecule has 2 rings (SSSR count). The van der Waals surface area contributed by atoms with Gasteiger partial charge in [0, 0.05) is 19.3 Å². The number of pyridine rings is 1. The third-order valence-electron chi connectivity index (χ3n) is 2.32. The molecule has 4 heteroatoms. The summed E-state index contributed by atoms with van der Waals surface area (Å²) in [4.78, 5) is 6.42. The summed E-state index contributed by atoms with van der Waals surface area (Å²) in [5.41, 5.74) is 6.43. The Labute approximate surface area is 82.5 Å². The quantitative estimate of drug-likeness (QED) is 0.748. The second-order valence-electron chi connectivity index (χ2n) is 3.22. The molecule has 70 valence electrons. The smallest absolute Gasteiger partial charge is 0.153 e. The fourth-order valence-electron chi connectivity index (χ4n) is 1.62. The SMILES string of the molecule is Nc1c(Cl)ccnc1N1CCCC1. The van der Waals surface area contributed by atoms with Crippen LogP contribution < -0.4 is 10.6 Å². The molecule has 0 aliphatic carbocycles. The number of nitrogen functional groups attached to an aromatic ring is 1. The van der Waals surface area contributed by atoms with Crippen LogP contribution in [0.2, 0.25) is 5.02 Å². The van der Waals surface area contributed by atoms with Crippen molar-refractivity contribution in [2.45, 2.75) is 12.8 Å². The Balaban J connectivity index is 2.33. The molecule has 3 nitrogen and oxygen atoms in total. The number of rotatable bonds is 1. The van der Waals surface area contributed by atoms with Crippen molar-refractivity contribution >= 4 is 23.1 Å². The summed E-state index contributed by atoms with van der Waals surface area (Å²) in [5, 5.41) is 0.594. The van der Waals surface area contributed by atoms with Gasteiger partial charge in [0.25, 0.3) is 0 Å². The molecule has 1 aliphatic rings. The minimum absolute atomic E-state index is 0.594. The van der Waals surface area contributed by atoms with Gasteiger partial charge in [-0.3, -0.25) is 0 Å². The van der Waals surface area contributed by atoms with E-state index in [-0.39, 0.29) is 0 Å². The van der Waals surface area contributed by atoms with Crippen molar-refractivity contribution in [2.24, 2.45) is 0 Å². The van der Waals surface area contributed by atoms with Crippen molar-refractivity contribution in [3.63, 3.8) is 0 Å². The summed E-state index contributed by atoms with van der Waals surface area (Å²) in [5.74, 6) is 0.838. The van der Waals surface area contributed by atoms with Gasteiger partial charge in [0.05, 0.1) is 10.7 Å². The number of halogens is 1. The first-order chi connectivity index (χ1) is 6.29. The first-order valence-electron chi connectivity index (χ1n) is 4.44. The van der Waals surface area contributed by atoms with E-state index in [9.17, 15) is 0 Å². The highest BCUT2D eigenvalue weighted by Gasteiger charge is 2.16. The standard InChI is InChI=1S/C9H12ClN3/c10-7-3-4-12-9(8(7)11)13-5-1-2-6-13/h3-4H,1-2,5-6,11H2. The van der Waals surface area contributed by atoms with Crippen molar-refractivity contribution in [3.05, 3.63) is 17.3 Å². The van der Waals surface area contributed by atoms with Gasteiger partial charge in [-0.05, 0) is 18.9 Å². The maximum atomic E-state index is 5.90. The Morgan fingerprint density at radius 2 is 2.08 bits per heavy atom. The van der Waals surface area contributed by atoms with Gasteiger partial charge in [-0.1, -0.05) is 11.6 Å². The van der Waals surface area contributed by atoms with Gasteiger partial charge in [-0.2, -0.15) is 0 Å². The minimum atomic E-state index is 0.594. The average Bonchev–Trinajstić information content (AvgIpc) is 2.62. The van der Waals surface area contributed by atoms with Gasteiger partial charge in [0.1, 0.15) is 0 Å². The number of nitrogens with two attached hydrogens (primary N) is 1. The zero-order valence-corrected chi connectivity index (χ0v) is 8.09. The largest absolute Gasteiger partial charge is 0.395 e. The normalized spacial score (nSPS) is 16.5.